The van der Waals surface area contributed by atoms with Gasteiger partial charge in [-0.15, -0.1) is 0 Å². The van der Waals surface area contributed by atoms with Crippen molar-refractivity contribution in [3.8, 4) is 11.8 Å². The second-order valence-corrected chi connectivity index (χ2v) is 9.73. The van der Waals surface area contributed by atoms with Gasteiger partial charge >= 0.3 is 0 Å². The number of anilines is 1. The highest BCUT2D eigenvalue weighted by molar-refractivity contribution is 14.1. The number of halogens is 2. The second-order valence-electron chi connectivity index (χ2n) is 7.40. The molecule has 0 atom stereocenters. The van der Waals surface area contributed by atoms with Crippen molar-refractivity contribution in [1.82, 2.24) is 0 Å². The van der Waals surface area contributed by atoms with Gasteiger partial charge in [0, 0.05) is 17.8 Å². The van der Waals surface area contributed by atoms with Gasteiger partial charge in [-0.3, -0.25) is 14.9 Å². The molecular formula is C25H19I2N3O4. The normalized spacial score (nSPS) is 11.0. The van der Waals surface area contributed by atoms with E-state index in [4.69, 9.17) is 4.74 Å². The number of amides is 1. The lowest BCUT2D eigenvalue weighted by Crippen LogP contribution is -2.14. The van der Waals surface area contributed by atoms with Crippen molar-refractivity contribution in [2.45, 2.75) is 20.5 Å². The minimum absolute atomic E-state index is 0.00847. The van der Waals surface area contributed by atoms with Gasteiger partial charge in [-0.2, -0.15) is 5.26 Å². The van der Waals surface area contributed by atoms with E-state index in [-0.39, 0.29) is 17.9 Å². The number of nitro benzene ring substituents is 1. The molecule has 0 spiro atoms. The third kappa shape index (κ3) is 6.32. The van der Waals surface area contributed by atoms with Gasteiger partial charge in [0.25, 0.3) is 11.6 Å². The van der Waals surface area contributed by atoms with Crippen LogP contribution in [-0.2, 0) is 11.4 Å². The van der Waals surface area contributed by atoms with Crippen molar-refractivity contribution in [3.05, 3.63) is 99.7 Å². The number of nitro groups is 1. The number of nitriles is 1. The third-order valence-corrected chi connectivity index (χ3v) is 6.66. The van der Waals surface area contributed by atoms with Gasteiger partial charge in [0.15, 0.2) is 0 Å². The monoisotopic (exact) mass is 679 g/mol. The average Bonchev–Trinajstić information content (AvgIpc) is 2.80. The Hall–Kier alpha value is -2.98. The lowest BCUT2D eigenvalue weighted by Gasteiger charge is -2.12. The second kappa shape index (κ2) is 11.4. The van der Waals surface area contributed by atoms with Crippen LogP contribution in [0.2, 0.25) is 0 Å². The number of carbonyl (C=O) groups excluding carboxylic acids is 1. The highest BCUT2D eigenvalue weighted by Gasteiger charge is 2.14. The van der Waals surface area contributed by atoms with Crippen LogP contribution in [0, 0.1) is 42.4 Å². The van der Waals surface area contributed by atoms with Crippen molar-refractivity contribution in [2.24, 2.45) is 0 Å². The van der Waals surface area contributed by atoms with Crippen LogP contribution in [0.3, 0.4) is 0 Å². The van der Waals surface area contributed by atoms with E-state index in [0.29, 0.717) is 22.6 Å². The maximum Gasteiger partial charge on any atom is 0.269 e. The molecule has 7 nitrogen and oxygen atoms in total. The van der Waals surface area contributed by atoms with Gasteiger partial charge in [-0.05, 0) is 106 Å². The predicted molar refractivity (Wildman–Crippen MR) is 147 cm³/mol. The average molecular weight is 679 g/mol. The van der Waals surface area contributed by atoms with E-state index in [2.05, 4.69) is 50.5 Å². The smallest absolute Gasteiger partial charge is 0.269 e. The number of ether oxygens (including phenoxy) is 1. The summed E-state index contributed by atoms with van der Waals surface area (Å²) in [6.07, 6.45) is 1.54. The Morgan fingerprint density at radius 3 is 2.47 bits per heavy atom. The van der Waals surface area contributed by atoms with E-state index >= 15 is 0 Å². The molecule has 0 heterocycles. The Labute approximate surface area is 224 Å². The van der Waals surface area contributed by atoms with Crippen LogP contribution in [0.1, 0.15) is 22.3 Å². The molecule has 3 rings (SSSR count). The molecule has 0 unspecified atom stereocenters. The first-order chi connectivity index (χ1) is 16.2. The SMILES string of the molecule is Cc1cccc(NC(=O)/C(C#N)=C/c2cc(I)c(OCc3cccc([N+](=O)[O-])c3)c(I)c2)c1C. The van der Waals surface area contributed by atoms with E-state index in [1.54, 1.807) is 18.2 Å². The molecule has 0 saturated carbocycles. The molecule has 0 fully saturated rings. The molecule has 3 aromatic carbocycles. The lowest BCUT2D eigenvalue weighted by atomic mass is 10.1. The van der Waals surface area contributed by atoms with Crippen molar-refractivity contribution in [3.63, 3.8) is 0 Å². The number of hydrogen-bond acceptors (Lipinski definition) is 5. The Bertz CT molecular complexity index is 1320. The highest BCUT2D eigenvalue weighted by atomic mass is 127. The van der Waals surface area contributed by atoms with Crippen LogP contribution < -0.4 is 10.1 Å². The lowest BCUT2D eigenvalue weighted by molar-refractivity contribution is -0.384. The van der Waals surface area contributed by atoms with Crippen LogP contribution in [0.25, 0.3) is 6.08 Å². The molecule has 9 heteroatoms. The molecule has 1 amide bonds. The first-order valence-electron chi connectivity index (χ1n) is 10.0. The van der Waals surface area contributed by atoms with E-state index in [1.807, 2.05) is 44.2 Å². The fourth-order valence-electron chi connectivity index (χ4n) is 3.11. The van der Waals surface area contributed by atoms with Crippen LogP contribution in [-0.4, -0.2) is 10.8 Å². The molecule has 0 bridgehead atoms. The molecular weight excluding hydrogens is 660 g/mol. The summed E-state index contributed by atoms with van der Waals surface area (Å²) in [5, 5.41) is 23.4. The first kappa shape index (κ1) is 25.6. The molecule has 34 heavy (non-hydrogen) atoms. The third-order valence-electron chi connectivity index (χ3n) is 5.05. The number of carbonyl (C=O) groups is 1. The summed E-state index contributed by atoms with van der Waals surface area (Å²) in [7, 11) is 0. The standard InChI is InChI=1S/C25H19I2N3O4/c1-15-5-3-8-23(16(15)2)29-25(31)19(13-28)9-18-11-21(26)24(22(27)12-18)34-14-17-6-4-7-20(10-17)30(32)33/h3-12H,14H2,1-2H3,(H,29,31)/b19-9+. The highest BCUT2D eigenvalue weighted by Crippen LogP contribution is 2.31. The molecule has 0 saturated heterocycles. The Kier molecular flexibility index (Phi) is 8.62. The summed E-state index contributed by atoms with van der Waals surface area (Å²) in [6, 6.07) is 17.5. The maximum absolute atomic E-state index is 12.7. The van der Waals surface area contributed by atoms with Gasteiger partial charge in [-0.1, -0.05) is 24.3 Å². The van der Waals surface area contributed by atoms with Crippen molar-refractivity contribution in [1.29, 1.82) is 5.26 Å². The van der Waals surface area contributed by atoms with Crippen LogP contribution in [0.5, 0.6) is 5.75 Å². The molecule has 0 radical (unpaired) electrons. The zero-order chi connectivity index (χ0) is 24.8. The number of aryl methyl sites for hydroxylation is 1. The summed E-state index contributed by atoms with van der Waals surface area (Å²) < 4.78 is 7.49. The number of non-ortho nitro benzene ring substituents is 1. The summed E-state index contributed by atoms with van der Waals surface area (Å²) in [4.78, 5) is 23.2. The van der Waals surface area contributed by atoms with Gasteiger partial charge in [-0.25, -0.2) is 0 Å². The molecule has 0 aliphatic heterocycles. The summed E-state index contributed by atoms with van der Waals surface area (Å²) in [5.74, 6) is 0.149. The zero-order valence-corrected chi connectivity index (χ0v) is 22.6. The van der Waals surface area contributed by atoms with Crippen LogP contribution in [0.15, 0.2) is 60.2 Å². The summed E-state index contributed by atoms with van der Waals surface area (Å²) in [5.41, 5.74) is 4.02. The predicted octanol–water partition coefficient (Wildman–Crippen LogP) is 6.55. The maximum atomic E-state index is 12.7. The number of nitrogens with zero attached hydrogens (tertiary/aromatic N) is 2. The number of nitrogens with one attached hydrogen (secondary N) is 1. The minimum atomic E-state index is -0.479. The summed E-state index contributed by atoms with van der Waals surface area (Å²) >= 11 is 4.25. The molecule has 0 aromatic heterocycles. The Morgan fingerprint density at radius 1 is 1.15 bits per heavy atom. The van der Waals surface area contributed by atoms with E-state index < -0.39 is 10.8 Å². The van der Waals surface area contributed by atoms with E-state index in [1.165, 1.54) is 18.2 Å². The van der Waals surface area contributed by atoms with Crippen molar-refractivity contribution in [2.75, 3.05) is 5.32 Å². The van der Waals surface area contributed by atoms with Crippen LogP contribution >= 0.6 is 45.2 Å². The molecule has 0 aliphatic rings. The Morgan fingerprint density at radius 2 is 1.82 bits per heavy atom. The molecule has 1 N–H and O–H groups in total. The summed E-state index contributed by atoms with van der Waals surface area (Å²) in [6.45, 7) is 4.04. The first-order valence-corrected chi connectivity index (χ1v) is 12.2. The van der Waals surface area contributed by atoms with Gasteiger partial charge in [0.05, 0.1) is 12.1 Å². The quantitative estimate of drug-likeness (QED) is 0.100. The zero-order valence-electron chi connectivity index (χ0n) is 18.3. The number of benzene rings is 3. The molecule has 3 aromatic rings. The molecule has 0 aliphatic carbocycles. The number of rotatable bonds is 7. The topological polar surface area (TPSA) is 105 Å². The van der Waals surface area contributed by atoms with Gasteiger partial charge in [0.1, 0.15) is 24.0 Å². The van der Waals surface area contributed by atoms with E-state index in [0.717, 1.165) is 18.3 Å². The van der Waals surface area contributed by atoms with Gasteiger partial charge in [0.2, 0.25) is 0 Å². The molecule has 172 valence electrons. The van der Waals surface area contributed by atoms with Crippen molar-refractivity contribution >= 4 is 68.5 Å². The minimum Gasteiger partial charge on any atom is -0.487 e. The van der Waals surface area contributed by atoms with Gasteiger partial charge < -0.3 is 10.1 Å². The fourth-order valence-corrected chi connectivity index (χ4v) is 5.24. The van der Waals surface area contributed by atoms with E-state index in [9.17, 15) is 20.2 Å². The number of hydrogen-bond donors (Lipinski definition) is 1. The largest absolute Gasteiger partial charge is 0.487 e. The van der Waals surface area contributed by atoms with Crippen LogP contribution in [0.4, 0.5) is 11.4 Å². The van der Waals surface area contributed by atoms with Crippen molar-refractivity contribution < 1.29 is 14.5 Å². The fraction of sp³-hybridized carbons (Fsp3) is 0.120. The Balaban J connectivity index is 1.79.